The van der Waals surface area contributed by atoms with Crippen molar-refractivity contribution in [3.63, 3.8) is 0 Å². The molecule has 0 fully saturated rings. The maximum absolute atomic E-state index is 13.0. The molecule has 3 aromatic rings. The third kappa shape index (κ3) is 4.12. The first-order valence-electron chi connectivity index (χ1n) is 7.27. The molecule has 0 spiro atoms. The largest absolute Gasteiger partial charge is 0.495 e. The van der Waals surface area contributed by atoms with E-state index in [1.807, 2.05) is 12.1 Å². The fourth-order valence-electron chi connectivity index (χ4n) is 2.16. The highest BCUT2D eigenvalue weighted by molar-refractivity contribution is 8.02. The molecule has 1 aromatic heterocycles. The summed E-state index contributed by atoms with van der Waals surface area (Å²) in [6, 6.07) is 15.0. The molecule has 3 rings (SSSR count). The number of halogens is 1. The number of carbonyl (C=O) groups is 1. The maximum Gasteiger partial charge on any atom is 0.335 e. The van der Waals surface area contributed by atoms with Gasteiger partial charge >= 0.3 is 5.97 Å². The summed E-state index contributed by atoms with van der Waals surface area (Å²) in [5.41, 5.74) is 1.82. The topological polar surface area (TPSA) is 58.6 Å². The number of benzene rings is 2. The van der Waals surface area contributed by atoms with Crippen molar-refractivity contribution < 1.29 is 19.0 Å². The molecule has 25 heavy (non-hydrogen) atoms. The molecule has 4 nitrogen and oxygen atoms in total. The van der Waals surface area contributed by atoms with Crippen LogP contribution in [0.15, 0.2) is 58.8 Å². The normalized spacial score (nSPS) is 10.5. The lowest BCUT2D eigenvalue weighted by molar-refractivity contribution is 0.0696. The van der Waals surface area contributed by atoms with Gasteiger partial charge in [0.1, 0.15) is 11.6 Å². The smallest absolute Gasteiger partial charge is 0.335 e. The van der Waals surface area contributed by atoms with Gasteiger partial charge in [0.15, 0.2) is 0 Å². The maximum atomic E-state index is 13.0. The Morgan fingerprint density at radius 3 is 2.60 bits per heavy atom. The highest BCUT2D eigenvalue weighted by Crippen LogP contribution is 2.36. The van der Waals surface area contributed by atoms with E-state index in [1.165, 1.54) is 43.3 Å². The van der Waals surface area contributed by atoms with Gasteiger partial charge in [-0.3, -0.25) is 0 Å². The third-order valence-corrected chi connectivity index (χ3v) is 5.51. The monoisotopic (exact) mass is 375 g/mol. The van der Waals surface area contributed by atoms with Gasteiger partial charge in [0, 0.05) is 4.88 Å². The molecule has 128 valence electrons. The molecule has 0 bridgehead atoms. The first-order chi connectivity index (χ1) is 12.1. The number of carboxylic acid groups (broad SMARTS) is 1. The van der Waals surface area contributed by atoms with Crippen molar-refractivity contribution in [3.8, 4) is 16.2 Å². The summed E-state index contributed by atoms with van der Waals surface area (Å²) in [4.78, 5) is 12.1. The molecule has 0 aliphatic rings. The van der Waals surface area contributed by atoms with Crippen LogP contribution in [0.1, 0.15) is 10.4 Å². The van der Waals surface area contributed by atoms with Crippen LogP contribution in [0.4, 0.5) is 10.1 Å². The molecule has 7 heteroatoms. The van der Waals surface area contributed by atoms with Gasteiger partial charge in [-0.2, -0.15) is 0 Å². The quantitative estimate of drug-likeness (QED) is 0.567. The fraction of sp³-hybridized carbons (Fsp3) is 0.0556. The van der Waals surface area contributed by atoms with E-state index in [2.05, 4.69) is 4.72 Å². The average Bonchev–Trinajstić information content (AvgIpc) is 3.09. The third-order valence-electron chi connectivity index (χ3n) is 3.42. The van der Waals surface area contributed by atoms with E-state index >= 15 is 0 Å². The van der Waals surface area contributed by atoms with Crippen LogP contribution in [0.25, 0.3) is 10.4 Å². The van der Waals surface area contributed by atoms with Crippen molar-refractivity contribution in [2.24, 2.45) is 0 Å². The van der Waals surface area contributed by atoms with Crippen LogP contribution in [0, 0.1) is 5.82 Å². The van der Waals surface area contributed by atoms with Crippen LogP contribution < -0.4 is 9.46 Å². The SMILES string of the molecule is COc1cc(C(=O)O)ccc1NSc1ccc(-c2ccc(F)cc2)s1. The number of nitrogens with one attached hydrogen (secondary N) is 1. The van der Waals surface area contributed by atoms with Crippen molar-refractivity contribution in [1.29, 1.82) is 0 Å². The van der Waals surface area contributed by atoms with Crippen molar-refractivity contribution in [2.75, 3.05) is 11.8 Å². The Morgan fingerprint density at radius 1 is 1.16 bits per heavy atom. The van der Waals surface area contributed by atoms with Crippen molar-refractivity contribution >= 4 is 34.9 Å². The average molecular weight is 375 g/mol. The van der Waals surface area contributed by atoms with E-state index < -0.39 is 5.97 Å². The van der Waals surface area contributed by atoms with Gasteiger partial charge in [-0.1, -0.05) is 12.1 Å². The molecule has 1 heterocycles. The second kappa shape index (κ2) is 7.58. The number of hydrogen-bond acceptors (Lipinski definition) is 5. The molecule has 0 amide bonds. The Bertz CT molecular complexity index is 894. The molecule has 0 saturated heterocycles. The van der Waals surface area contributed by atoms with E-state index in [4.69, 9.17) is 9.84 Å². The van der Waals surface area contributed by atoms with Crippen LogP contribution in [-0.2, 0) is 0 Å². The van der Waals surface area contributed by atoms with E-state index in [0.717, 1.165) is 14.6 Å². The van der Waals surface area contributed by atoms with Crippen molar-refractivity contribution in [2.45, 2.75) is 4.21 Å². The zero-order chi connectivity index (χ0) is 17.8. The fourth-order valence-corrected chi connectivity index (χ4v) is 3.98. The Kier molecular flexibility index (Phi) is 5.25. The standard InChI is InChI=1S/C18H14FNO3S2/c1-23-15-10-12(18(21)22)4-7-14(15)20-25-17-9-8-16(24-17)11-2-5-13(19)6-3-11/h2-10,20H,1H3,(H,21,22). The summed E-state index contributed by atoms with van der Waals surface area (Å²) in [7, 11) is 1.49. The first kappa shape index (κ1) is 17.3. The Labute approximate surface area is 152 Å². The molecule has 2 aromatic carbocycles. The minimum absolute atomic E-state index is 0.169. The van der Waals surface area contributed by atoms with Crippen LogP contribution in [0.5, 0.6) is 5.75 Å². The van der Waals surface area contributed by atoms with Gasteiger partial charge in [-0.25, -0.2) is 9.18 Å². The summed E-state index contributed by atoms with van der Waals surface area (Å²) in [5.74, 6) is -0.795. The number of methoxy groups -OCH3 is 1. The van der Waals surface area contributed by atoms with Gasteiger partial charge in [0.2, 0.25) is 0 Å². The van der Waals surface area contributed by atoms with Crippen molar-refractivity contribution in [3.05, 3.63) is 66.0 Å². The zero-order valence-electron chi connectivity index (χ0n) is 13.2. The van der Waals surface area contributed by atoms with Gasteiger partial charge < -0.3 is 14.6 Å². The molecule has 0 saturated carbocycles. The van der Waals surface area contributed by atoms with Crippen LogP contribution in [0.3, 0.4) is 0 Å². The molecule has 2 N–H and O–H groups in total. The highest BCUT2D eigenvalue weighted by Gasteiger charge is 2.10. The van der Waals surface area contributed by atoms with Crippen LogP contribution >= 0.6 is 23.3 Å². The lowest BCUT2D eigenvalue weighted by Gasteiger charge is -2.10. The summed E-state index contributed by atoms with van der Waals surface area (Å²) < 4.78 is 22.4. The number of aromatic carboxylic acids is 1. The Hall–Kier alpha value is -2.51. The summed E-state index contributed by atoms with van der Waals surface area (Å²) >= 11 is 2.98. The summed E-state index contributed by atoms with van der Waals surface area (Å²) in [5, 5.41) is 9.03. The van der Waals surface area contributed by atoms with Crippen LogP contribution in [-0.4, -0.2) is 18.2 Å². The second-order valence-electron chi connectivity index (χ2n) is 5.05. The number of carboxylic acids is 1. The first-order valence-corrected chi connectivity index (χ1v) is 8.90. The summed E-state index contributed by atoms with van der Waals surface area (Å²) in [6.07, 6.45) is 0. The van der Waals surface area contributed by atoms with E-state index in [9.17, 15) is 9.18 Å². The minimum Gasteiger partial charge on any atom is -0.495 e. The predicted octanol–water partition coefficient (Wildman–Crippen LogP) is 5.38. The van der Waals surface area contributed by atoms with Gasteiger partial charge in [0.25, 0.3) is 0 Å². The van der Waals surface area contributed by atoms with E-state index in [-0.39, 0.29) is 11.4 Å². The number of hydrogen-bond donors (Lipinski definition) is 2. The molecule has 0 atom stereocenters. The van der Waals surface area contributed by atoms with Crippen LogP contribution in [0.2, 0.25) is 0 Å². The molecule has 0 aliphatic heterocycles. The Balaban J connectivity index is 1.72. The lowest BCUT2D eigenvalue weighted by Crippen LogP contribution is -1.99. The second-order valence-corrected chi connectivity index (χ2v) is 7.24. The molecular weight excluding hydrogens is 361 g/mol. The molecular formula is C18H14FNO3S2. The molecule has 0 radical (unpaired) electrons. The number of anilines is 1. The van der Waals surface area contributed by atoms with Gasteiger partial charge in [0.05, 0.1) is 22.6 Å². The predicted molar refractivity (Wildman–Crippen MR) is 99.1 cm³/mol. The minimum atomic E-state index is -1.00. The molecule has 0 unspecified atom stereocenters. The zero-order valence-corrected chi connectivity index (χ0v) is 14.8. The molecule has 0 aliphatic carbocycles. The van der Waals surface area contributed by atoms with Gasteiger partial charge in [-0.15, -0.1) is 11.3 Å². The van der Waals surface area contributed by atoms with E-state index in [0.29, 0.717) is 11.4 Å². The highest BCUT2D eigenvalue weighted by atomic mass is 32.2. The summed E-state index contributed by atoms with van der Waals surface area (Å²) in [6.45, 7) is 0. The van der Waals surface area contributed by atoms with Crippen molar-refractivity contribution in [1.82, 2.24) is 0 Å². The lowest BCUT2D eigenvalue weighted by atomic mass is 10.2. The number of ether oxygens (including phenoxy) is 1. The van der Waals surface area contributed by atoms with E-state index in [1.54, 1.807) is 29.5 Å². The van der Waals surface area contributed by atoms with Gasteiger partial charge in [-0.05, 0) is 60.0 Å². The number of rotatable bonds is 6. The Morgan fingerprint density at radius 2 is 1.92 bits per heavy atom. The number of thiophene rings is 1.